The van der Waals surface area contributed by atoms with Crippen molar-refractivity contribution in [3.05, 3.63) is 23.2 Å². The Morgan fingerprint density at radius 3 is 2.84 bits per heavy atom. The van der Waals surface area contributed by atoms with Gasteiger partial charge >= 0.3 is 0 Å². The molecule has 1 aliphatic carbocycles. The van der Waals surface area contributed by atoms with Gasteiger partial charge in [0, 0.05) is 5.69 Å². The summed E-state index contributed by atoms with van der Waals surface area (Å²) in [6, 6.07) is 5.33. The SMILES string of the molecule is Nc1ccc(OCC2CCC3(CCCC3)O2)c(Cl)c1. The Morgan fingerprint density at radius 1 is 1.32 bits per heavy atom. The second-order valence-electron chi connectivity index (χ2n) is 5.67. The summed E-state index contributed by atoms with van der Waals surface area (Å²) >= 11 is 6.09. The molecule has 19 heavy (non-hydrogen) atoms. The van der Waals surface area contributed by atoms with Crippen LogP contribution in [0.25, 0.3) is 0 Å². The van der Waals surface area contributed by atoms with Crippen molar-refractivity contribution in [3.8, 4) is 5.75 Å². The number of nitrogens with two attached hydrogens (primary N) is 1. The Hall–Kier alpha value is -0.930. The van der Waals surface area contributed by atoms with E-state index in [1.807, 2.05) is 6.07 Å². The Kier molecular flexibility index (Phi) is 3.59. The highest BCUT2D eigenvalue weighted by Gasteiger charge is 2.42. The fourth-order valence-corrected chi connectivity index (χ4v) is 3.46. The summed E-state index contributed by atoms with van der Waals surface area (Å²) in [5.74, 6) is 0.687. The zero-order valence-electron chi connectivity index (χ0n) is 11.0. The molecule has 0 bridgehead atoms. The molecule has 1 aromatic carbocycles. The van der Waals surface area contributed by atoms with E-state index in [0.717, 1.165) is 6.42 Å². The molecular weight excluding hydrogens is 262 g/mol. The van der Waals surface area contributed by atoms with Gasteiger partial charge in [-0.25, -0.2) is 0 Å². The highest BCUT2D eigenvalue weighted by atomic mass is 35.5. The molecule has 1 aliphatic heterocycles. The van der Waals surface area contributed by atoms with E-state index >= 15 is 0 Å². The van der Waals surface area contributed by atoms with Crippen molar-refractivity contribution >= 4 is 17.3 Å². The van der Waals surface area contributed by atoms with Gasteiger partial charge in [-0.1, -0.05) is 24.4 Å². The van der Waals surface area contributed by atoms with E-state index in [0.29, 0.717) is 23.1 Å². The van der Waals surface area contributed by atoms with Crippen molar-refractivity contribution in [2.75, 3.05) is 12.3 Å². The van der Waals surface area contributed by atoms with E-state index in [1.54, 1.807) is 12.1 Å². The number of hydrogen-bond acceptors (Lipinski definition) is 3. The summed E-state index contributed by atoms with van der Waals surface area (Å²) in [5, 5.41) is 0.563. The normalized spacial score (nSPS) is 25.0. The molecule has 1 heterocycles. The quantitative estimate of drug-likeness (QED) is 0.857. The lowest BCUT2D eigenvalue weighted by atomic mass is 9.98. The van der Waals surface area contributed by atoms with Gasteiger partial charge in [-0.15, -0.1) is 0 Å². The van der Waals surface area contributed by atoms with E-state index in [9.17, 15) is 0 Å². The molecular formula is C15H20ClNO2. The van der Waals surface area contributed by atoms with Gasteiger partial charge < -0.3 is 15.2 Å². The molecule has 1 unspecified atom stereocenters. The maximum atomic E-state index is 6.20. The molecule has 0 amide bonds. The van der Waals surface area contributed by atoms with E-state index in [-0.39, 0.29) is 11.7 Å². The molecule has 4 heteroatoms. The van der Waals surface area contributed by atoms with Crippen molar-refractivity contribution < 1.29 is 9.47 Å². The third kappa shape index (κ3) is 2.82. The van der Waals surface area contributed by atoms with Crippen LogP contribution >= 0.6 is 11.6 Å². The number of anilines is 1. The number of ether oxygens (including phenoxy) is 2. The van der Waals surface area contributed by atoms with Gasteiger partial charge in [0.15, 0.2) is 0 Å². The molecule has 104 valence electrons. The fraction of sp³-hybridized carbons (Fsp3) is 0.600. The van der Waals surface area contributed by atoms with Gasteiger partial charge in [0.25, 0.3) is 0 Å². The molecule has 0 aromatic heterocycles. The summed E-state index contributed by atoms with van der Waals surface area (Å²) in [4.78, 5) is 0. The van der Waals surface area contributed by atoms with E-state index in [4.69, 9.17) is 26.8 Å². The second-order valence-corrected chi connectivity index (χ2v) is 6.08. The zero-order chi connectivity index (χ0) is 13.3. The summed E-state index contributed by atoms with van der Waals surface area (Å²) in [5.41, 5.74) is 6.48. The fourth-order valence-electron chi connectivity index (χ4n) is 3.22. The van der Waals surface area contributed by atoms with Crippen LogP contribution in [0.15, 0.2) is 18.2 Å². The van der Waals surface area contributed by atoms with Crippen LogP contribution in [0, 0.1) is 0 Å². The summed E-state index contributed by atoms with van der Waals surface area (Å²) in [6.07, 6.45) is 7.50. The first-order chi connectivity index (χ1) is 9.17. The first-order valence-electron chi connectivity index (χ1n) is 7.03. The number of hydrogen-bond donors (Lipinski definition) is 1. The Labute approximate surface area is 119 Å². The minimum atomic E-state index is 0.166. The van der Waals surface area contributed by atoms with E-state index in [1.165, 1.54) is 32.1 Å². The number of halogens is 1. The minimum absolute atomic E-state index is 0.166. The average molecular weight is 282 g/mol. The van der Waals surface area contributed by atoms with Crippen LogP contribution in [-0.4, -0.2) is 18.3 Å². The molecule has 2 aliphatic rings. The Morgan fingerprint density at radius 2 is 2.11 bits per heavy atom. The van der Waals surface area contributed by atoms with Crippen molar-refractivity contribution in [1.29, 1.82) is 0 Å². The molecule has 0 radical (unpaired) electrons. The number of rotatable bonds is 3. The van der Waals surface area contributed by atoms with Crippen LogP contribution in [0.2, 0.25) is 5.02 Å². The van der Waals surface area contributed by atoms with Gasteiger partial charge in [0.1, 0.15) is 12.4 Å². The first-order valence-corrected chi connectivity index (χ1v) is 7.40. The molecule has 1 aromatic rings. The lowest BCUT2D eigenvalue weighted by Gasteiger charge is -2.23. The predicted octanol–water partition coefficient (Wildman–Crippen LogP) is 3.79. The smallest absolute Gasteiger partial charge is 0.138 e. The second kappa shape index (κ2) is 5.22. The lowest BCUT2D eigenvalue weighted by molar-refractivity contribution is -0.0508. The van der Waals surface area contributed by atoms with E-state index < -0.39 is 0 Å². The van der Waals surface area contributed by atoms with Gasteiger partial charge in [0.2, 0.25) is 0 Å². The molecule has 1 atom stereocenters. The van der Waals surface area contributed by atoms with Crippen LogP contribution in [0.4, 0.5) is 5.69 Å². The third-order valence-electron chi connectivity index (χ3n) is 4.23. The maximum absolute atomic E-state index is 6.20. The van der Waals surface area contributed by atoms with Crippen molar-refractivity contribution in [1.82, 2.24) is 0 Å². The third-order valence-corrected chi connectivity index (χ3v) is 4.53. The predicted molar refractivity (Wildman–Crippen MR) is 76.7 cm³/mol. The molecule has 1 saturated heterocycles. The maximum Gasteiger partial charge on any atom is 0.138 e. The van der Waals surface area contributed by atoms with Gasteiger partial charge in [0.05, 0.1) is 16.7 Å². The van der Waals surface area contributed by atoms with Crippen LogP contribution < -0.4 is 10.5 Å². The summed E-state index contributed by atoms with van der Waals surface area (Å²) in [7, 11) is 0. The molecule has 3 nitrogen and oxygen atoms in total. The van der Waals surface area contributed by atoms with Crippen LogP contribution in [-0.2, 0) is 4.74 Å². The standard InChI is InChI=1S/C15H20ClNO2/c16-13-9-11(17)3-4-14(13)18-10-12-5-8-15(19-12)6-1-2-7-15/h3-4,9,12H,1-2,5-8,10,17H2. The lowest BCUT2D eigenvalue weighted by Crippen LogP contribution is -2.27. The van der Waals surface area contributed by atoms with Crippen molar-refractivity contribution in [3.63, 3.8) is 0 Å². The van der Waals surface area contributed by atoms with Crippen LogP contribution in [0.3, 0.4) is 0 Å². The van der Waals surface area contributed by atoms with Gasteiger partial charge in [-0.2, -0.15) is 0 Å². The van der Waals surface area contributed by atoms with Crippen LogP contribution in [0.5, 0.6) is 5.75 Å². The molecule has 1 saturated carbocycles. The largest absolute Gasteiger partial charge is 0.489 e. The average Bonchev–Trinajstić information content (AvgIpc) is 2.99. The summed E-state index contributed by atoms with van der Waals surface area (Å²) < 4.78 is 12.0. The van der Waals surface area contributed by atoms with E-state index in [2.05, 4.69) is 0 Å². The Balaban J connectivity index is 1.55. The highest BCUT2D eigenvalue weighted by molar-refractivity contribution is 6.32. The molecule has 2 fully saturated rings. The van der Waals surface area contributed by atoms with Crippen molar-refractivity contribution in [2.45, 2.75) is 50.2 Å². The molecule has 1 spiro atoms. The van der Waals surface area contributed by atoms with Crippen LogP contribution in [0.1, 0.15) is 38.5 Å². The summed E-state index contributed by atoms with van der Waals surface area (Å²) in [6.45, 7) is 0.575. The highest BCUT2D eigenvalue weighted by Crippen LogP contribution is 2.43. The topological polar surface area (TPSA) is 44.5 Å². The monoisotopic (exact) mass is 281 g/mol. The number of nitrogen functional groups attached to an aromatic ring is 1. The van der Waals surface area contributed by atoms with Gasteiger partial charge in [-0.05, 0) is 43.9 Å². The molecule has 2 N–H and O–H groups in total. The zero-order valence-corrected chi connectivity index (χ0v) is 11.8. The minimum Gasteiger partial charge on any atom is -0.489 e. The number of benzene rings is 1. The molecule has 3 rings (SSSR count). The Bertz CT molecular complexity index is 457. The van der Waals surface area contributed by atoms with Gasteiger partial charge in [-0.3, -0.25) is 0 Å². The first kappa shape index (κ1) is 13.1. The van der Waals surface area contributed by atoms with Crippen molar-refractivity contribution in [2.24, 2.45) is 0 Å².